The molecule has 1 saturated heterocycles. The second-order valence-corrected chi connectivity index (χ2v) is 4.65. The molecule has 100 valence electrons. The second-order valence-electron chi connectivity index (χ2n) is 4.65. The number of hydrogen-bond acceptors (Lipinski definition) is 3. The average molecular weight is 242 g/mol. The molecule has 1 atom stereocenters. The summed E-state index contributed by atoms with van der Waals surface area (Å²) in [5, 5.41) is 0. The molecule has 1 heterocycles. The zero-order valence-electron chi connectivity index (χ0n) is 11.0. The average Bonchev–Trinajstić information content (AvgIpc) is 2.32. The molecule has 0 aromatic carbocycles. The molecule has 1 unspecified atom stereocenters. The third kappa shape index (κ3) is 5.50. The minimum Gasteiger partial charge on any atom is -0.377 e. The van der Waals surface area contributed by atoms with E-state index in [-0.39, 0.29) is 6.10 Å². The Morgan fingerprint density at radius 2 is 2.12 bits per heavy atom. The molecule has 0 aromatic rings. The molecular formula is C13H26N2O2. The Balaban J connectivity index is 2.33. The van der Waals surface area contributed by atoms with E-state index in [4.69, 9.17) is 10.5 Å². The van der Waals surface area contributed by atoms with Crippen LogP contribution in [-0.2, 0) is 9.53 Å². The Kier molecular flexibility index (Phi) is 7.21. The van der Waals surface area contributed by atoms with Crippen LogP contribution in [0, 0.1) is 0 Å². The molecule has 1 fully saturated rings. The van der Waals surface area contributed by atoms with Crippen molar-refractivity contribution >= 4 is 5.91 Å². The highest BCUT2D eigenvalue weighted by Gasteiger charge is 2.16. The lowest BCUT2D eigenvalue weighted by atomic mass is 10.1. The maximum absolute atomic E-state index is 11.9. The van der Waals surface area contributed by atoms with Crippen LogP contribution in [0.1, 0.15) is 45.4 Å². The molecule has 0 bridgehead atoms. The van der Waals surface area contributed by atoms with Gasteiger partial charge < -0.3 is 15.4 Å². The number of rotatable bonds is 6. The third-order valence-corrected chi connectivity index (χ3v) is 3.31. The summed E-state index contributed by atoms with van der Waals surface area (Å²) in [6.07, 6.45) is 6.28. The van der Waals surface area contributed by atoms with Gasteiger partial charge in [0.2, 0.25) is 5.91 Å². The van der Waals surface area contributed by atoms with Gasteiger partial charge in [-0.05, 0) is 26.2 Å². The molecule has 0 radical (unpaired) electrons. The van der Waals surface area contributed by atoms with Gasteiger partial charge >= 0.3 is 0 Å². The highest BCUT2D eigenvalue weighted by Crippen LogP contribution is 2.12. The van der Waals surface area contributed by atoms with Gasteiger partial charge in [0.25, 0.3) is 0 Å². The molecule has 0 saturated carbocycles. The normalized spacial score (nSPS) is 19.9. The smallest absolute Gasteiger partial charge is 0.222 e. The predicted octanol–water partition coefficient (Wildman–Crippen LogP) is 1.53. The van der Waals surface area contributed by atoms with Gasteiger partial charge in [0.05, 0.1) is 6.10 Å². The standard InChI is InChI=1S/C13H26N2O2/c1-2-17-12(11-14)8-10-15-9-6-4-3-5-7-13(15)16/h12H,2-11,14H2,1H3. The van der Waals surface area contributed by atoms with Crippen molar-refractivity contribution in [2.24, 2.45) is 5.73 Å². The number of nitrogens with zero attached hydrogens (tertiary/aromatic N) is 1. The number of hydrogen-bond donors (Lipinski definition) is 1. The summed E-state index contributed by atoms with van der Waals surface area (Å²) in [7, 11) is 0. The van der Waals surface area contributed by atoms with E-state index in [2.05, 4.69) is 0 Å². The first-order valence-corrected chi connectivity index (χ1v) is 6.87. The summed E-state index contributed by atoms with van der Waals surface area (Å²) >= 11 is 0. The van der Waals surface area contributed by atoms with Crippen molar-refractivity contribution in [3.05, 3.63) is 0 Å². The third-order valence-electron chi connectivity index (χ3n) is 3.31. The van der Waals surface area contributed by atoms with Gasteiger partial charge in [-0.3, -0.25) is 4.79 Å². The molecule has 2 N–H and O–H groups in total. The number of likely N-dealkylation sites (tertiary alicyclic amines) is 1. The van der Waals surface area contributed by atoms with Gasteiger partial charge in [0.1, 0.15) is 0 Å². The molecule has 17 heavy (non-hydrogen) atoms. The topological polar surface area (TPSA) is 55.6 Å². The van der Waals surface area contributed by atoms with Crippen molar-refractivity contribution < 1.29 is 9.53 Å². The lowest BCUT2D eigenvalue weighted by Crippen LogP contribution is -2.37. The first-order valence-electron chi connectivity index (χ1n) is 6.87. The van der Waals surface area contributed by atoms with Gasteiger partial charge in [0, 0.05) is 32.7 Å². The first-order chi connectivity index (χ1) is 8.27. The van der Waals surface area contributed by atoms with E-state index >= 15 is 0 Å². The molecule has 1 aliphatic heterocycles. The van der Waals surface area contributed by atoms with Crippen molar-refractivity contribution in [2.75, 3.05) is 26.2 Å². The summed E-state index contributed by atoms with van der Waals surface area (Å²) in [6, 6.07) is 0. The van der Waals surface area contributed by atoms with Crippen molar-refractivity contribution in [3.8, 4) is 0 Å². The van der Waals surface area contributed by atoms with Crippen LogP contribution >= 0.6 is 0 Å². The Labute approximate surface area is 104 Å². The fourth-order valence-electron chi connectivity index (χ4n) is 2.26. The molecular weight excluding hydrogens is 216 g/mol. The van der Waals surface area contributed by atoms with Crippen molar-refractivity contribution in [1.82, 2.24) is 4.90 Å². The quantitative estimate of drug-likeness (QED) is 0.768. The lowest BCUT2D eigenvalue weighted by molar-refractivity contribution is -0.132. The predicted molar refractivity (Wildman–Crippen MR) is 68.8 cm³/mol. The number of ether oxygens (including phenoxy) is 1. The molecule has 1 amide bonds. The maximum Gasteiger partial charge on any atom is 0.222 e. The zero-order valence-corrected chi connectivity index (χ0v) is 11.0. The highest BCUT2D eigenvalue weighted by atomic mass is 16.5. The van der Waals surface area contributed by atoms with Gasteiger partial charge in [-0.15, -0.1) is 0 Å². The monoisotopic (exact) mass is 242 g/mol. The van der Waals surface area contributed by atoms with Crippen LogP contribution in [0.25, 0.3) is 0 Å². The minimum absolute atomic E-state index is 0.0956. The SMILES string of the molecule is CCOC(CN)CCN1CCCCCCC1=O. The second kappa shape index (κ2) is 8.48. The van der Waals surface area contributed by atoms with Crippen LogP contribution in [0.15, 0.2) is 0 Å². The van der Waals surface area contributed by atoms with Crippen LogP contribution in [0.4, 0.5) is 0 Å². The van der Waals surface area contributed by atoms with Crippen LogP contribution < -0.4 is 5.73 Å². The fourth-order valence-corrected chi connectivity index (χ4v) is 2.26. The molecule has 4 heteroatoms. The number of amides is 1. The number of nitrogens with two attached hydrogens (primary N) is 1. The van der Waals surface area contributed by atoms with E-state index in [1.165, 1.54) is 12.8 Å². The van der Waals surface area contributed by atoms with E-state index < -0.39 is 0 Å². The van der Waals surface area contributed by atoms with Crippen LogP contribution in [0.2, 0.25) is 0 Å². The van der Waals surface area contributed by atoms with E-state index in [0.717, 1.165) is 32.4 Å². The molecule has 4 nitrogen and oxygen atoms in total. The molecule has 1 aliphatic rings. The lowest BCUT2D eigenvalue weighted by Gasteiger charge is -2.26. The van der Waals surface area contributed by atoms with Gasteiger partial charge in [0.15, 0.2) is 0 Å². The highest BCUT2D eigenvalue weighted by molar-refractivity contribution is 5.76. The largest absolute Gasteiger partial charge is 0.377 e. The van der Waals surface area contributed by atoms with Gasteiger partial charge in [-0.1, -0.05) is 12.8 Å². The maximum atomic E-state index is 11.9. The van der Waals surface area contributed by atoms with Crippen molar-refractivity contribution in [2.45, 2.75) is 51.6 Å². The summed E-state index contributed by atoms with van der Waals surface area (Å²) in [6.45, 7) is 4.90. The molecule has 0 spiro atoms. The summed E-state index contributed by atoms with van der Waals surface area (Å²) in [5.74, 6) is 0.303. The van der Waals surface area contributed by atoms with E-state index in [9.17, 15) is 4.79 Å². The Morgan fingerprint density at radius 3 is 2.82 bits per heavy atom. The molecule has 0 aliphatic carbocycles. The zero-order chi connectivity index (χ0) is 12.5. The van der Waals surface area contributed by atoms with E-state index in [0.29, 0.717) is 25.5 Å². The summed E-state index contributed by atoms with van der Waals surface area (Å²) in [5.41, 5.74) is 5.64. The Morgan fingerprint density at radius 1 is 1.35 bits per heavy atom. The first kappa shape index (κ1) is 14.5. The van der Waals surface area contributed by atoms with Crippen LogP contribution in [0.5, 0.6) is 0 Å². The van der Waals surface area contributed by atoms with Crippen molar-refractivity contribution in [1.29, 1.82) is 0 Å². The van der Waals surface area contributed by atoms with Crippen LogP contribution in [-0.4, -0.2) is 43.2 Å². The Bertz CT molecular complexity index is 221. The fraction of sp³-hybridized carbons (Fsp3) is 0.923. The molecule has 0 aromatic heterocycles. The summed E-state index contributed by atoms with van der Waals surface area (Å²) < 4.78 is 5.51. The van der Waals surface area contributed by atoms with Gasteiger partial charge in [-0.25, -0.2) is 0 Å². The van der Waals surface area contributed by atoms with E-state index in [1.54, 1.807) is 0 Å². The number of carbonyl (C=O) groups excluding carboxylic acids is 1. The summed E-state index contributed by atoms with van der Waals surface area (Å²) in [4.78, 5) is 13.9. The van der Waals surface area contributed by atoms with E-state index in [1.807, 2.05) is 11.8 Å². The Hall–Kier alpha value is -0.610. The van der Waals surface area contributed by atoms with Gasteiger partial charge in [-0.2, -0.15) is 0 Å². The van der Waals surface area contributed by atoms with Crippen molar-refractivity contribution in [3.63, 3.8) is 0 Å². The van der Waals surface area contributed by atoms with Crippen LogP contribution in [0.3, 0.4) is 0 Å². The number of carbonyl (C=O) groups is 1. The molecule has 1 rings (SSSR count). The minimum atomic E-state index is 0.0956.